The van der Waals surface area contributed by atoms with Gasteiger partial charge in [0.2, 0.25) is 5.91 Å². The number of rotatable bonds is 4. The van der Waals surface area contributed by atoms with Crippen LogP contribution in [0, 0.1) is 5.92 Å². The molecule has 0 saturated carbocycles. The minimum absolute atomic E-state index is 0.0520. The molecule has 8 heteroatoms. The molecule has 138 valence electrons. The Labute approximate surface area is 152 Å². The van der Waals surface area contributed by atoms with Gasteiger partial charge in [0.1, 0.15) is 0 Å². The van der Waals surface area contributed by atoms with E-state index in [1.165, 1.54) is 31.1 Å². The fraction of sp³-hybridized carbons (Fsp3) is 0.706. The zero-order valence-corrected chi connectivity index (χ0v) is 15.8. The van der Waals surface area contributed by atoms with E-state index in [9.17, 15) is 9.59 Å². The molecule has 1 aromatic heterocycles. The Morgan fingerprint density at radius 1 is 1.32 bits per heavy atom. The van der Waals surface area contributed by atoms with E-state index < -0.39 is 0 Å². The van der Waals surface area contributed by atoms with Crippen LogP contribution in [0.5, 0.6) is 0 Å². The van der Waals surface area contributed by atoms with E-state index in [0.717, 1.165) is 37.7 Å². The smallest absolute Gasteiger partial charge is 0.323 e. The summed E-state index contributed by atoms with van der Waals surface area (Å²) in [6.07, 6.45) is 3.35. The van der Waals surface area contributed by atoms with Crippen LogP contribution >= 0.6 is 11.3 Å². The van der Waals surface area contributed by atoms with Crippen LogP contribution in [0.15, 0.2) is 5.38 Å². The fourth-order valence-corrected chi connectivity index (χ4v) is 4.31. The van der Waals surface area contributed by atoms with Crippen molar-refractivity contribution in [1.29, 1.82) is 0 Å². The summed E-state index contributed by atoms with van der Waals surface area (Å²) < 4.78 is 0. The van der Waals surface area contributed by atoms with Gasteiger partial charge >= 0.3 is 6.03 Å². The van der Waals surface area contributed by atoms with Gasteiger partial charge in [-0.25, -0.2) is 9.78 Å². The number of nitrogens with zero attached hydrogens (tertiary/aromatic N) is 3. The first-order valence-corrected chi connectivity index (χ1v) is 9.87. The highest BCUT2D eigenvalue weighted by atomic mass is 32.1. The number of hydrogen-bond donors (Lipinski definition) is 2. The zero-order valence-electron chi connectivity index (χ0n) is 15.0. The predicted molar refractivity (Wildman–Crippen MR) is 98.6 cm³/mol. The minimum atomic E-state index is -0.139. The molecule has 0 aliphatic carbocycles. The van der Waals surface area contributed by atoms with E-state index in [4.69, 9.17) is 0 Å². The number of nitrogens with one attached hydrogen (secondary N) is 2. The molecule has 1 aromatic rings. The number of urea groups is 1. The first kappa shape index (κ1) is 18.1. The van der Waals surface area contributed by atoms with Gasteiger partial charge in [-0.1, -0.05) is 6.92 Å². The Bertz CT molecular complexity index is 620. The maximum Gasteiger partial charge on any atom is 0.323 e. The number of piperidine rings is 1. The first-order valence-electron chi connectivity index (χ1n) is 8.99. The quantitative estimate of drug-likeness (QED) is 0.857. The molecule has 0 radical (unpaired) electrons. The molecule has 3 rings (SSSR count). The summed E-state index contributed by atoms with van der Waals surface area (Å²) in [4.78, 5) is 32.2. The Morgan fingerprint density at radius 3 is 2.92 bits per heavy atom. The van der Waals surface area contributed by atoms with Crippen LogP contribution in [-0.2, 0) is 11.3 Å². The molecule has 0 bridgehead atoms. The van der Waals surface area contributed by atoms with E-state index in [1.807, 2.05) is 5.38 Å². The standard InChI is InChI=1S/C17H27N5O2S/c1-12-4-3-6-21(8-12)9-15-11-25-16(19-15)20-17(24)22-7-5-14(10-22)18-13(2)23/h11-12,14H,3-10H2,1-2H3,(H,18,23)(H,19,20,24). The molecular weight excluding hydrogens is 338 g/mol. The number of carbonyl (C=O) groups is 2. The third kappa shape index (κ3) is 5.15. The summed E-state index contributed by atoms with van der Waals surface area (Å²) >= 11 is 1.47. The molecule has 2 aliphatic rings. The molecule has 7 nitrogen and oxygen atoms in total. The summed E-state index contributed by atoms with van der Waals surface area (Å²) in [5, 5.41) is 8.42. The van der Waals surface area contributed by atoms with Gasteiger partial charge in [-0.2, -0.15) is 0 Å². The summed E-state index contributed by atoms with van der Waals surface area (Å²) in [7, 11) is 0. The number of carbonyl (C=O) groups excluding carboxylic acids is 2. The Kier molecular flexibility index (Phi) is 5.90. The molecule has 2 saturated heterocycles. The monoisotopic (exact) mass is 365 g/mol. The molecule has 0 aromatic carbocycles. The second-order valence-electron chi connectivity index (χ2n) is 7.19. The maximum absolute atomic E-state index is 12.3. The fourth-order valence-electron chi connectivity index (χ4n) is 3.62. The minimum Gasteiger partial charge on any atom is -0.352 e. The van der Waals surface area contributed by atoms with Crippen molar-refractivity contribution in [2.45, 2.75) is 45.7 Å². The van der Waals surface area contributed by atoms with Crippen LogP contribution < -0.4 is 10.6 Å². The third-order valence-electron chi connectivity index (χ3n) is 4.78. The predicted octanol–water partition coefficient (Wildman–Crippen LogP) is 2.12. The molecule has 25 heavy (non-hydrogen) atoms. The lowest BCUT2D eigenvalue weighted by Gasteiger charge is -2.30. The van der Waals surface area contributed by atoms with Crippen LogP contribution in [0.25, 0.3) is 0 Å². The highest BCUT2D eigenvalue weighted by Gasteiger charge is 2.27. The molecule has 2 aliphatic heterocycles. The van der Waals surface area contributed by atoms with Gasteiger partial charge < -0.3 is 10.2 Å². The number of anilines is 1. The van der Waals surface area contributed by atoms with Crippen molar-refractivity contribution in [2.75, 3.05) is 31.5 Å². The normalized spacial score (nSPS) is 24.3. The van der Waals surface area contributed by atoms with E-state index in [0.29, 0.717) is 18.2 Å². The van der Waals surface area contributed by atoms with Crippen LogP contribution in [0.2, 0.25) is 0 Å². The molecule has 3 amide bonds. The zero-order chi connectivity index (χ0) is 17.8. The van der Waals surface area contributed by atoms with Crippen molar-refractivity contribution in [1.82, 2.24) is 20.1 Å². The topological polar surface area (TPSA) is 77.6 Å². The Morgan fingerprint density at radius 2 is 2.16 bits per heavy atom. The van der Waals surface area contributed by atoms with Gasteiger partial charge in [0.15, 0.2) is 5.13 Å². The van der Waals surface area contributed by atoms with Gasteiger partial charge in [0, 0.05) is 44.5 Å². The second-order valence-corrected chi connectivity index (χ2v) is 8.05. The number of hydrogen-bond acceptors (Lipinski definition) is 5. The van der Waals surface area contributed by atoms with E-state index in [-0.39, 0.29) is 18.0 Å². The van der Waals surface area contributed by atoms with E-state index in [2.05, 4.69) is 27.4 Å². The summed E-state index contributed by atoms with van der Waals surface area (Å²) in [6, 6.07) is -0.0865. The van der Waals surface area contributed by atoms with Gasteiger partial charge in [-0.15, -0.1) is 11.3 Å². The summed E-state index contributed by atoms with van der Waals surface area (Å²) in [5.41, 5.74) is 1.02. The number of likely N-dealkylation sites (tertiary alicyclic amines) is 2. The Balaban J connectivity index is 1.48. The molecule has 2 fully saturated rings. The van der Waals surface area contributed by atoms with Crippen molar-refractivity contribution < 1.29 is 9.59 Å². The first-order chi connectivity index (χ1) is 12.0. The van der Waals surface area contributed by atoms with Crippen molar-refractivity contribution in [3.63, 3.8) is 0 Å². The van der Waals surface area contributed by atoms with Gasteiger partial charge in [-0.05, 0) is 31.7 Å². The van der Waals surface area contributed by atoms with Crippen LogP contribution in [-0.4, -0.2) is 58.9 Å². The van der Waals surface area contributed by atoms with Crippen molar-refractivity contribution in [3.8, 4) is 0 Å². The van der Waals surface area contributed by atoms with Crippen molar-refractivity contribution in [3.05, 3.63) is 11.1 Å². The Hall–Kier alpha value is -1.67. The molecular formula is C17H27N5O2S. The SMILES string of the molecule is CC(=O)NC1CCN(C(=O)Nc2nc(CN3CCCC(C)C3)cs2)C1. The molecule has 2 atom stereocenters. The lowest BCUT2D eigenvalue weighted by atomic mass is 10.0. The molecule has 2 unspecified atom stereocenters. The summed E-state index contributed by atoms with van der Waals surface area (Å²) in [6.45, 7) is 8.10. The van der Waals surface area contributed by atoms with E-state index in [1.54, 1.807) is 4.90 Å². The van der Waals surface area contributed by atoms with Gasteiger partial charge in [0.25, 0.3) is 0 Å². The maximum atomic E-state index is 12.3. The van der Waals surface area contributed by atoms with Crippen LogP contribution in [0.1, 0.15) is 38.8 Å². The van der Waals surface area contributed by atoms with Crippen LogP contribution in [0.3, 0.4) is 0 Å². The highest BCUT2D eigenvalue weighted by Crippen LogP contribution is 2.21. The average molecular weight is 366 g/mol. The average Bonchev–Trinajstić information content (AvgIpc) is 3.16. The summed E-state index contributed by atoms with van der Waals surface area (Å²) in [5.74, 6) is 0.696. The van der Waals surface area contributed by atoms with Crippen molar-refractivity contribution >= 4 is 28.4 Å². The van der Waals surface area contributed by atoms with E-state index >= 15 is 0 Å². The molecule has 3 heterocycles. The second kappa shape index (κ2) is 8.14. The lowest BCUT2D eigenvalue weighted by molar-refractivity contribution is -0.119. The van der Waals surface area contributed by atoms with Crippen molar-refractivity contribution in [2.24, 2.45) is 5.92 Å². The number of aromatic nitrogens is 1. The largest absolute Gasteiger partial charge is 0.352 e. The lowest BCUT2D eigenvalue weighted by Crippen LogP contribution is -2.38. The number of amides is 3. The van der Waals surface area contributed by atoms with Gasteiger partial charge in [-0.3, -0.25) is 15.0 Å². The molecule has 0 spiro atoms. The van der Waals surface area contributed by atoms with Gasteiger partial charge in [0.05, 0.1) is 5.69 Å². The number of thiazole rings is 1. The molecule has 2 N–H and O–H groups in total. The van der Waals surface area contributed by atoms with Crippen LogP contribution in [0.4, 0.5) is 9.93 Å². The highest BCUT2D eigenvalue weighted by molar-refractivity contribution is 7.13. The third-order valence-corrected chi connectivity index (χ3v) is 5.58.